The van der Waals surface area contributed by atoms with Gasteiger partial charge in [0.15, 0.2) is 0 Å². The quantitative estimate of drug-likeness (QED) is 0.878. The molecular weight excluding hydrogens is 236 g/mol. The maximum Gasteiger partial charge on any atom is 0.228 e. The van der Waals surface area contributed by atoms with E-state index in [1.807, 2.05) is 4.90 Å². The lowest BCUT2D eigenvalue weighted by molar-refractivity contribution is -0.118. The minimum Gasteiger partial charge on any atom is -0.330 e. The van der Waals surface area contributed by atoms with Gasteiger partial charge in [-0.25, -0.2) is 0 Å². The van der Waals surface area contributed by atoms with Crippen LogP contribution in [0.1, 0.15) is 24.0 Å². The van der Waals surface area contributed by atoms with Crippen LogP contribution in [0.2, 0.25) is 0 Å². The van der Waals surface area contributed by atoms with E-state index in [-0.39, 0.29) is 18.3 Å². The van der Waals surface area contributed by atoms with Crippen molar-refractivity contribution in [3.63, 3.8) is 0 Å². The van der Waals surface area contributed by atoms with Gasteiger partial charge in [0.05, 0.1) is 0 Å². The van der Waals surface area contributed by atoms with Gasteiger partial charge in [0, 0.05) is 25.2 Å². The normalized spacial score (nSPS) is 13.9. The van der Waals surface area contributed by atoms with Crippen molar-refractivity contribution < 1.29 is 4.79 Å². The van der Waals surface area contributed by atoms with E-state index in [0.29, 0.717) is 13.0 Å². The van der Waals surface area contributed by atoms with Crippen molar-refractivity contribution in [3.8, 4) is 0 Å². The Labute approximate surface area is 108 Å². The predicted octanol–water partition coefficient (Wildman–Crippen LogP) is 2.04. The number of halogens is 1. The number of rotatable bonds is 2. The van der Waals surface area contributed by atoms with Crippen molar-refractivity contribution >= 4 is 24.0 Å². The Bertz CT molecular complexity index is 406. The topological polar surface area (TPSA) is 46.3 Å². The zero-order valence-electron chi connectivity index (χ0n) is 10.1. The van der Waals surface area contributed by atoms with Crippen LogP contribution in [-0.4, -0.2) is 19.0 Å². The summed E-state index contributed by atoms with van der Waals surface area (Å²) in [5.41, 5.74) is 9.01. The largest absolute Gasteiger partial charge is 0.330 e. The molecule has 0 fully saturated rings. The van der Waals surface area contributed by atoms with Gasteiger partial charge in [0.25, 0.3) is 0 Å². The van der Waals surface area contributed by atoms with E-state index in [9.17, 15) is 4.79 Å². The van der Waals surface area contributed by atoms with Crippen molar-refractivity contribution in [1.29, 1.82) is 0 Å². The molecule has 1 heterocycles. The van der Waals surface area contributed by atoms with Gasteiger partial charge in [0.2, 0.25) is 5.91 Å². The van der Waals surface area contributed by atoms with Crippen LogP contribution in [0.15, 0.2) is 18.2 Å². The highest BCUT2D eigenvalue weighted by Gasteiger charge is 2.21. The third-order valence-electron chi connectivity index (χ3n) is 3.02. The molecule has 1 aromatic rings. The maximum absolute atomic E-state index is 11.9. The summed E-state index contributed by atoms with van der Waals surface area (Å²) in [6, 6.07) is 6.34. The van der Waals surface area contributed by atoms with E-state index in [1.54, 1.807) is 0 Å². The number of carbonyl (C=O) groups excluding carboxylic acids is 1. The van der Waals surface area contributed by atoms with E-state index in [2.05, 4.69) is 25.1 Å². The third kappa shape index (κ3) is 2.99. The van der Waals surface area contributed by atoms with Crippen LogP contribution in [0.3, 0.4) is 0 Å². The molecule has 3 nitrogen and oxygen atoms in total. The van der Waals surface area contributed by atoms with Crippen LogP contribution in [0.25, 0.3) is 0 Å². The Morgan fingerprint density at radius 1 is 1.47 bits per heavy atom. The molecule has 2 rings (SSSR count). The molecule has 1 aromatic carbocycles. The zero-order valence-corrected chi connectivity index (χ0v) is 10.9. The number of hydrogen-bond donors (Lipinski definition) is 1. The highest BCUT2D eigenvalue weighted by Crippen LogP contribution is 2.28. The Kier molecular flexibility index (Phi) is 4.97. The molecule has 0 aromatic heterocycles. The van der Waals surface area contributed by atoms with Crippen molar-refractivity contribution in [2.45, 2.75) is 26.2 Å². The monoisotopic (exact) mass is 254 g/mol. The van der Waals surface area contributed by atoms with Gasteiger partial charge in [-0.15, -0.1) is 12.4 Å². The second-order valence-electron chi connectivity index (χ2n) is 4.32. The van der Waals surface area contributed by atoms with Crippen LogP contribution in [0.4, 0.5) is 5.69 Å². The Morgan fingerprint density at radius 3 is 2.94 bits per heavy atom. The number of hydrogen-bond acceptors (Lipinski definition) is 2. The van der Waals surface area contributed by atoms with Gasteiger partial charge in [0.1, 0.15) is 0 Å². The molecule has 0 atom stereocenters. The molecule has 0 radical (unpaired) electrons. The molecule has 0 bridgehead atoms. The first-order valence-electron chi connectivity index (χ1n) is 5.82. The molecule has 4 heteroatoms. The fraction of sp³-hybridized carbons (Fsp3) is 0.462. The molecule has 0 saturated carbocycles. The lowest BCUT2D eigenvalue weighted by atomic mass is 9.99. The minimum absolute atomic E-state index is 0. The number of fused-ring (bicyclic) bond motifs is 1. The summed E-state index contributed by atoms with van der Waals surface area (Å²) in [6.07, 6.45) is 2.56. The van der Waals surface area contributed by atoms with E-state index in [4.69, 9.17) is 5.73 Å². The highest BCUT2D eigenvalue weighted by atomic mass is 35.5. The predicted molar refractivity (Wildman–Crippen MR) is 72.8 cm³/mol. The Hall–Kier alpha value is -1.06. The third-order valence-corrected chi connectivity index (χ3v) is 3.02. The first-order chi connectivity index (χ1) is 7.72. The second-order valence-corrected chi connectivity index (χ2v) is 4.32. The smallest absolute Gasteiger partial charge is 0.228 e. The lowest BCUT2D eigenvalue weighted by Crippen LogP contribution is -2.36. The van der Waals surface area contributed by atoms with E-state index >= 15 is 0 Å². The van der Waals surface area contributed by atoms with Crippen LogP contribution >= 0.6 is 12.4 Å². The molecule has 2 N–H and O–H groups in total. The molecular formula is C13H19ClN2O. The number of carbonyl (C=O) groups is 1. The number of aryl methyl sites for hydroxylation is 2. The van der Waals surface area contributed by atoms with Crippen molar-refractivity contribution in [2.24, 2.45) is 5.73 Å². The molecule has 0 spiro atoms. The Morgan fingerprint density at radius 2 is 2.24 bits per heavy atom. The van der Waals surface area contributed by atoms with E-state index < -0.39 is 0 Å². The fourth-order valence-electron chi connectivity index (χ4n) is 2.20. The summed E-state index contributed by atoms with van der Waals surface area (Å²) in [7, 11) is 0. The molecule has 1 aliphatic heterocycles. The summed E-state index contributed by atoms with van der Waals surface area (Å²) >= 11 is 0. The van der Waals surface area contributed by atoms with Crippen molar-refractivity contribution in [2.75, 3.05) is 18.0 Å². The summed E-state index contributed by atoms with van der Waals surface area (Å²) < 4.78 is 0. The van der Waals surface area contributed by atoms with Gasteiger partial charge in [-0.2, -0.15) is 0 Å². The van der Waals surface area contributed by atoms with E-state index in [0.717, 1.165) is 25.1 Å². The van der Waals surface area contributed by atoms with Crippen LogP contribution in [0, 0.1) is 6.92 Å². The standard InChI is InChI=1S/C13H18N2O.ClH/c1-10-4-5-11-3-2-8-15(12(11)9-10)13(16)6-7-14;/h4-5,9H,2-3,6-8,14H2,1H3;1H. The molecule has 1 aliphatic rings. The van der Waals surface area contributed by atoms with Crippen molar-refractivity contribution in [1.82, 2.24) is 0 Å². The number of anilines is 1. The molecule has 0 unspecified atom stereocenters. The first kappa shape index (κ1) is 14.0. The summed E-state index contributed by atoms with van der Waals surface area (Å²) in [5, 5.41) is 0. The molecule has 0 aliphatic carbocycles. The van der Waals surface area contributed by atoms with Crippen LogP contribution in [0.5, 0.6) is 0 Å². The first-order valence-corrected chi connectivity index (χ1v) is 5.82. The zero-order chi connectivity index (χ0) is 11.5. The van der Waals surface area contributed by atoms with Crippen molar-refractivity contribution in [3.05, 3.63) is 29.3 Å². The van der Waals surface area contributed by atoms with Gasteiger partial charge < -0.3 is 10.6 Å². The number of nitrogens with zero attached hydrogens (tertiary/aromatic N) is 1. The summed E-state index contributed by atoms with van der Waals surface area (Å²) in [6.45, 7) is 3.31. The van der Waals surface area contributed by atoms with Gasteiger partial charge in [-0.3, -0.25) is 4.79 Å². The SMILES string of the molecule is Cc1ccc2c(c1)N(C(=O)CCN)CCC2.Cl. The minimum atomic E-state index is 0. The average molecular weight is 255 g/mol. The summed E-state index contributed by atoms with van der Waals surface area (Å²) in [4.78, 5) is 13.8. The maximum atomic E-state index is 11.9. The lowest BCUT2D eigenvalue weighted by Gasteiger charge is -2.29. The molecule has 1 amide bonds. The fourth-order valence-corrected chi connectivity index (χ4v) is 2.20. The number of nitrogens with two attached hydrogens (primary N) is 1. The Balaban J connectivity index is 0.00000144. The highest BCUT2D eigenvalue weighted by molar-refractivity contribution is 5.94. The second kappa shape index (κ2) is 6.03. The number of benzene rings is 1. The van der Waals surface area contributed by atoms with Gasteiger partial charge >= 0.3 is 0 Å². The molecule has 17 heavy (non-hydrogen) atoms. The van der Waals surface area contributed by atoms with Crippen LogP contribution in [-0.2, 0) is 11.2 Å². The van der Waals surface area contributed by atoms with E-state index in [1.165, 1.54) is 11.1 Å². The summed E-state index contributed by atoms with van der Waals surface area (Å²) in [5.74, 6) is 0.147. The van der Waals surface area contributed by atoms with Crippen LogP contribution < -0.4 is 10.6 Å². The number of amides is 1. The van der Waals surface area contributed by atoms with Gasteiger partial charge in [-0.1, -0.05) is 12.1 Å². The average Bonchev–Trinajstić information content (AvgIpc) is 2.28. The molecule has 94 valence electrons. The molecule has 0 saturated heterocycles. The van der Waals surface area contributed by atoms with Gasteiger partial charge in [-0.05, 0) is 37.0 Å².